The number of furan rings is 1. The Balaban J connectivity index is 1.53. The van der Waals surface area contributed by atoms with E-state index in [-0.39, 0.29) is 17.4 Å². The third kappa shape index (κ3) is 3.94. The fraction of sp³-hybridized carbons (Fsp3) is 0.429. The molecule has 0 spiro atoms. The largest absolute Gasteiger partial charge is 0.440 e. The fourth-order valence-electron chi connectivity index (χ4n) is 3.82. The molecule has 1 fully saturated rings. The Morgan fingerprint density at radius 3 is 2.79 bits per heavy atom. The highest BCUT2D eigenvalue weighted by atomic mass is 16.5. The van der Waals surface area contributed by atoms with Crippen molar-refractivity contribution in [2.75, 3.05) is 46.4 Å². The number of ether oxygens (including phenoxy) is 1. The minimum Gasteiger partial charge on any atom is -0.440 e. The maximum Gasteiger partial charge on any atom is 0.291 e. The van der Waals surface area contributed by atoms with Gasteiger partial charge < -0.3 is 19.4 Å². The Bertz CT molecular complexity index is 882. The zero-order valence-electron chi connectivity index (χ0n) is 16.0. The molecule has 0 aromatic carbocycles. The highest BCUT2D eigenvalue weighted by Crippen LogP contribution is 2.30. The predicted molar refractivity (Wildman–Crippen MR) is 103 cm³/mol. The van der Waals surface area contributed by atoms with Crippen LogP contribution in [-0.4, -0.2) is 68.2 Å². The van der Waals surface area contributed by atoms with Gasteiger partial charge in [-0.1, -0.05) is 12.2 Å². The van der Waals surface area contributed by atoms with Crippen LogP contribution in [0.5, 0.6) is 0 Å². The first kappa shape index (κ1) is 18.7. The molecule has 1 aromatic rings. The molecule has 0 bridgehead atoms. The van der Waals surface area contributed by atoms with Crippen LogP contribution in [0.3, 0.4) is 0 Å². The Labute approximate surface area is 164 Å². The second-order valence-electron chi connectivity index (χ2n) is 7.34. The monoisotopic (exact) mass is 380 g/mol. The highest BCUT2D eigenvalue weighted by molar-refractivity contribution is 5.93. The van der Waals surface area contributed by atoms with Gasteiger partial charge in [0.15, 0.2) is 5.76 Å². The topological polar surface area (TPSA) is 81.7 Å². The number of nitrogens with one attached hydrogen (secondary N) is 1. The van der Waals surface area contributed by atoms with Crippen molar-refractivity contribution in [2.45, 2.75) is 12.5 Å². The van der Waals surface area contributed by atoms with Gasteiger partial charge in [0, 0.05) is 37.9 Å². The Hall–Kier alpha value is -2.66. The van der Waals surface area contributed by atoms with Gasteiger partial charge in [-0.25, -0.2) is 0 Å². The fourth-order valence-corrected chi connectivity index (χ4v) is 3.82. The molecule has 4 rings (SSSR count). The van der Waals surface area contributed by atoms with Gasteiger partial charge in [-0.15, -0.1) is 0 Å². The molecule has 1 unspecified atom stereocenters. The number of carbonyl (C=O) groups is 1. The summed E-state index contributed by atoms with van der Waals surface area (Å²) in [5, 5.41) is 11.8. The van der Waals surface area contributed by atoms with Crippen LogP contribution in [-0.2, 0) is 4.74 Å². The van der Waals surface area contributed by atoms with E-state index in [0.29, 0.717) is 19.3 Å². The second-order valence-corrected chi connectivity index (χ2v) is 7.34. The number of amides is 1. The number of carbonyl (C=O) groups excluding carboxylic acids is 1. The smallest absolute Gasteiger partial charge is 0.291 e. The van der Waals surface area contributed by atoms with Crippen LogP contribution in [0, 0.1) is 11.3 Å². The Morgan fingerprint density at radius 1 is 1.29 bits per heavy atom. The van der Waals surface area contributed by atoms with Gasteiger partial charge in [0.1, 0.15) is 6.07 Å². The number of allylic oxidation sites excluding steroid dienone is 1. The van der Waals surface area contributed by atoms with Gasteiger partial charge in [-0.2, -0.15) is 5.26 Å². The normalized spacial score (nSPS) is 23.6. The molecule has 3 aliphatic rings. The summed E-state index contributed by atoms with van der Waals surface area (Å²) in [7, 11) is 2.15. The van der Waals surface area contributed by atoms with Crippen molar-refractivity contribution in [2.24, 2.45) is 0 Å². The quantitative estimate of drug-likeness (QED) is 0.856. The van der Waals surface area contributed by atoms with Crippen LogP contribution in [0.4, 0.5) is 0 Å². The van der Waals surface area contributed by atoms with Gasteiger partial charge in [-0.3, -0.25) is 9.69 Å². The number of hydrogen-bond donors (Lipinski definition) is 1. The van der Waals surface area contributed by atoms with Crippen molar-refractivity contribution in [3.63, 3.8) is 0 Å². The van der Waals surface area contributed by atoms with E-state index in [4.69, 9.17) is 14.4 Å². The van der Waals surface area contributed by atoms with Crippen molar-refractivity contribution < 1.29 is 13.9 Å². The average molecular weight is 380 g/mol. The lowest BCUT2D eigenvalue weighted by atomic mass is 9.91. The van der Waals surface area contributed by atoms with E-state index < -0.39 is 0 Å². The van der Waals surface area contributed by atoms with E-state index in [1.807, 2.05) is 12.1 Å². The summed E-state index contributed by atoms with van der Waals surface area (Å²) >= 11 is 0. The zero-order valence-corrected chi connectivity index (χ0v) is 16.0. The van der Waals surface area contributed by atoms with Gasteiger partial charge >= 0.3 is 0 Å². The third-order valence-electron chi connectivity index (χ3n) is 5.51. The van der Waals surface area contributed by atoms with E-state index in [9.17, 15) is 4.79 Å². The lowest BCUT2D eigenvalue weighted by Gasteiger charge is -2.38. The number of piperazine rings is 1. The molecule has 1 amide bonds. The number of nitriles is 1. The molecule has 146 valence electrons. The van der Waals surface area contributed by atoms with Crippen LogP contribution in [0.25, 0.3) is 0 Å². The van der Waals surface area contributed by atoms with E-state index >= 15 is 0 Å². The maximum atomic E-state index is 12.6. The van der Waals surface area contributed by atoms with E-state index in [1.165, 1.54) is 12.1 Å². The summed E-state index contributed by atoms with van der Waals surface area (Å²) in [4.78, 5) is 17.4. The average Bonchev–Trinajstić information content (AvgIpc) is 3.41. The van der Waals surface area contributed by atoms with E-state index in [1.54, 1.807) is 0 Å². The molecule has 2 aliphatic heterocycles. The summed E-state index contributed by atoms with van der Waals surface area (Å²) < 4.78 is 10.8. The molecule has 28 heavy (non-hydrogen) atoms. The first-order valence-electron chi connectivity index (χ1n) is 9.56. The Kier molecular flexibility index (Phi) is 5.44. The minimum atomic E-state index is -0.351. The van der Waals surface area contributed by atoms with E-state index in [0.717, 1.165) is 49.4 Å². The zero-order chi connectivity index (χ0) is 19.5. The van der Waals surface area contributed by atoms with Crippen LogP contribution in [0.1, 0.15) is 22.7 Å². The molecule has 0 radical (unpaired) electrons. The summed E-state index contributed by atoms with van der Waals surface area (Å²) in [5.41, 5.74) is 3.03. The van der Waals surface area contributed by atoms with Crippen molar-refractivity contribution in [3.8, 4) is 6.07 Å². The molecule has 7 nitrogen and oxygen atoms in total. The van der Waals surface area contributed by atoms with Gasteiger partial charge in [-0.05, 0) is 42.8 Å². The standard InChI is InChI=1S/C21H24N4O3/c1-24-7-9-25(10-8-24)16-2-4-19(18(12-16)15-6-11-27-14-15)23-21(26)20-5-3-17(13-22)28-20/h2-6,16H,7-12,14H2,1H3,(H,23,26). The lowest BCUT2D eigenvalue weighted by Crippen LogP contribution is -2.49. The van der Waals surface area contributed by atoms with E-state index in [2.05, 4.69) is 34.3 Å². The molecule has 1 N–H and O–H groups in total. The molecular weight excluding hydrogens is 356 g/mol. The number of nitrogens with zero attached hydrogens (tertiary/aromatic N) is 3. The number of hydrogen-bond acceptors (Lipinski definition) is 6. The second kappa shape index (κ2) is 8.15. The Morgan fingerprint density at radius 2 is 2.11 bits per heavy atom. The summed E-state index contributed by atoms with van der Waals surface area (Å²) in [5.74, 6) is -0.0913. The first-order chi connectivity index (χ1) is 13.6. The van der Waals surface area contributed by atoms with Crippen molar-refractivity contribution in [1.29, 1.82) is 5.26 Å². The van der Waals surface area contributed by atoms with Gasteiger partial charge in [0.2, 0.25) is 5.76 Å². The highest BCUT2D eigenvalue weighted by Gasteiger charge is 2.28. The van der Waals surface area contributed by atoms with Crippen LogP contribution in [0.15, 0.2) is 51.6 Å². The van der Waals surface area contributed by atoms with Crippen LogP contribution >= 0.6 is 0 Å². The molecule has 1 aromatic heterocycles. The molecular formula is C21H24N4O3. The van der Waals surface area contributed by atoms with Crippen LogP contribution in [0.2, 0.25) is 0 Å². The summed E-state index contributed by atoms with van der Waals surface area (Å²) in [6.07, 6.45) is 7.09. The maximum absolute atomic E-state index is 12.6. The van der Waals surface area contributed by atoms with Crippen molar-refractivity contribution in [3.05, 3.63) is 58.7 Å². The molecule has 3 heterocycles. The summed E-state index contributed by atoms with van der Waals surface area (Å²) in [6, 6.07) is 5.23. The van der Waals surface area contributed by atoms with Crippen molar-refractivity contribution in [1.82, 2.24) is 15.1 Å². The number of rotatable bonds is 4. The lowest BCUT2D eigenvalue weighted by molar-refractivity contribution is 0.0937. The summed E-state index contributed by atoms with van der Waals surface area (Å²) in [6.45, 7) is 5.39. The van der Waals surface area contributed by atoms with Gasteiger partial charge in [0.05, 0.1) is 13.2 Å². The SMILES string of the molecule is CN1CCN(C2C=CC(NC(=O)c3ccc(C#N)o3)=C(C3=CCOC3)C2)CC1. The molecule has 1 atom stereocenters. The van der Waals surface area contributed by atoms with Crippen molar-refractivity contribution >= 4 is 5.91 Å². The first-order valence-corrected chi connectivity index (χ1v) is 9.56. The molecule has 0 saturated carbocycles. The van der Waals surface area contributed by atoms with Gasteiger partial charge in [0.25, 0.3) is 5.91 Å². The molecule has 7 heteroatoms. The predicted octanol–water partition coefficient (Wildman–Crippen LogP) is 1.67. The minimum absolute atomic E-state index is 0.126. The number of likely N-dealkylation sites (N-methyl/N-ethyl adjacent to an activating group) is 1. The molecule has 1 saturated heterocycles. The molecule has 1 aliphatic carbocycles. The third-order valence-corrected chi connectivity index (χ3v) is 5.51. The van der Waals surface area contributed by atoms with Crippen LogP contribution < -0.4 is 5.32 Å².